The molecule has 1 aliphatic heterocycles. The van der Waals surface area contributed by atoms with Crippen LogP contribution in [0.2, 0.25) is 5.02 Å². The molecule has 0 unspecified atom stereocenters. The van der Waals surface area contributed by atoms with Crippen LogP contribution in [0.15, 0.2) is 18.2 Å². The Morgan fingerprint density at radius 2 is 1.72 bits per heavy atom. The van der Waals surface area contributed by atoms with Crippen LogP contribution in [0.5, 0.6) is 5.75 Å². The molecule has 0 spiro atoms. The molecule has 1 saturated heterocycles. The maximum atomic E-state index is 13.0. The summed E-state index contributed by atoms with van der Waals surface area (Å²) in [5.41, 5.74) is -2.62. The molecule has 1 amide bonds. The van der Waals surface area contributed by atoms with Gasteiger partial charge in [0.1, 0.15) is 5.75 Å². The molecule has 1 aromatic rings. The highest BCUT2D eigenvalue weighted by molar-refractivity contribution is 6.32. The van der Waals surface area contributed by atoms with Gasteiger partial charge in [-0.2, -0.15) is 0 Å². The fraction of sp³-hybridized carbons (Fsp3) is 0.600. The third-order valence-electron chi connectivity index (χ3n) is 6.17. The van der Waals surface area contributed by atoms with Crippen LogP contribution in [0.4, 0.5) is 5.69 Å². The highest BCUT2D eigenvalue weighted by Crippen LogP contribution is 2.47. The molecule has 0 atom stereocenters. The van der Waals surface area contributed by atoms with Crippen molar-refractivity contribution in [2.75, 3.05) is 4.90 Å². The Balaban J connectivity index is 2.02. The number of ether oxygens (including phenoxy) is 2. The van der Waals surface area contributed by atoms with Crippen LogP contribution in [-0.2, 0) is 14.3 Å². The van der Waals surface area contributed by atoms with Crippen LogP contribution in [0.25, 0.3) is 0 Å². The van der Waals surface area contributed by atoms with Crippen molar-refractivity contribution in [2.45, 2.75) is 90.1 Å². The minimum absolute atomic E-state index is 0.0687. The van der Waals surface area contributed by atoms with Crippen molar-refractivity contribution in [3.63, 3.8) is 0 Å². The number of carbonyl (C=O) groups excluding carboxylic acids is 1. The van der Waals surface area contributed by atoms with Crippen molar-refractivity contribution in [3.8, 4) is 18.1 Å². The molecule has 7 heteroatoms. The fourth-order valence-corrected chi connectivity index (χ4v) is 5.70. The van der Waals surface area contributed by atoms with Gasteiger partial charge in [-0.3, -0.25) is 9.69 Å². The molecule has 6 nitrogen and oxygen atoms in total. The van der Waals surface area contributed by atoms with E-state index >= 15 is 0 Å². The summed E-state index contributed by atoms with van der Waals surface area (Å²) in [7, 11) is 0. The number of carboxylic acid groups (broad SMARTS) is 1. The van der Waals surface area contributed by atoms with E-state index in [1.54, 1.807) is 18.2 Å². The number of benzene rings is 1. The van der Waals surface area contributed by atoms with E-state index in [-0.39, 0.29) is 24.4 Å². The third-order valence-corrected chi connectivity index (χ3v) is 6.46. The van der Waals surface area contributed by atoms with Gasteiger partial charge in [-0.1, -0.05) is 25.4 Å². The van der Waals surface area contributed by atoms with E-state index in [0.717, 1.165) is 12.8 Å². The van der Waals surface area contributed by atoms with Crippen LogP contribution in [0.1, 0.15) is 67.2 Å². The molecule has 1 N–H and O–H groups in total. The first-order chi connectivity index (χ1) is 14.6. The first-order valence-electron chi connectivity index (χ1n) is 10.8. The lowest BCUT2D eigenvalue weighted by Gasteiger charge is -2.53. The molecule has 1 aliphatic carbocycles. The molecule has 1 heterocycles. The summed E-state index contributed by atoms with van der Waals surface area (Å²) >= 11 is 6.51. The van der Waals surface area contributed by atoms with Crippen molar-refractivity contribution in [1.82, 2.24) is 0 Å². The number of amides is 1. The van der Waals surface area contributed by atoms with Gasteiger partial charge in [0.05, 0.1) is 22.3 Å². The van der Waals surface area contributed by atoms with Crippen LogP contribution in [-0.4, -0.2) is 39.8 Å². The molecule has 0 aromatic heterocycles. The van der Waals surface area contributed by atoms with Gasteiger partial charge in [0.25, 0.3) is 0 Å². The van der Waals surface area contributed by atoms with E-state index in [1.165, 1.54) is 4.90 Å². The SMILES string of the molecule is C#CC(=O)N(c1ccc(OC2CC(C)(C)C2)c(Cl)c1)C1(C(=O)O)CC(C)(C)OC(C)(C)C1. The lowest BCUT2D eigenvalue weighted by Crippen LogP contribution is -2.67. The first-order valence-corrected chi connectivity index (χ1v) is 11.2. The Morgan fingerprint density at radius 1 is 1.16 bits per heavy atom. The number of hydrogen-bond donors (Lipinski definition) is 1. The molecular formula is C25H32ClNO5. The molecule has 1 saturated carbocycles. The number of aliphatic carboxylic acids is 1. The van der Waals surface area contributed by atoms with E-state index in [4.69, 9.17) is 27.5 Å². The largest absolute Gasteiger partial charge is 0.489 e. The molecule has 174 valence electrons. The highest BCUT2D eigenvalue weighted by Gasteiger charge is 2.58. The molecule has 1 aromatic carbocycles. The van der Waals surface area contributed by atoms with Crippen molar-refractivity contribution >= 4 is 29.2 Å². The van der Waals surface area contributed by atoms with Crippen molar-refractivity contribution in [1.29, 1.82) is 0 Å². The molecule has 0 bridgehead atoms. The van der Waals surface area contributed by atoms with Crippen LogP contribution in [0, 0.1) is 17.8 Å². The average molecular weight is 462 g/mol. The fourth-order valence-electron chi connectivity index (χ4n) is 5.48. The maximum Gasteiger partial charge on any atom is 0.330 e. The summed E-state index contributed by atoms with van der Waals surface area (Å²) in [6, 6.07) is 4.86. The standard InChI is InChI=1S/C25H32ClNO5/c1-8-20(28)27(25(21(29)30)14-23(4,5)32-24(6,7)15-25)16-9-10-19(18(26)11-16)31-17-12-22(2,3)13-17/h1,9-11,17H,12-15H2,2-7H3,(H,29,30). The number of hydrogen-bond acceptors (Lipinski definition) is 4. The minimum atomic E-state index is -1.60. The van der Waals surface area contributed by atoms with E-state index in [1.807, 2.05) is 27.7 Å². The minimum Gasteiger partial charge on any atom is -0.489 e. The predicted molar refractivity (Wildman–Crippen MR) is 124 cm³/mol. The Hall–Kier alpha value is -2.23. The summed E-state index contributed by atoms with van der Waals surface area (Å²) in [6.07, 6.45) is 7.55. The predicted octanol–water partition coefficient (Wildman–Crippen LogP) is 5.06. The second kappa shape index (κ2) is 7.97. The Labute approximate surface area is 195 Å². The zero-order valence-electron chi connectivity index (χ0n) is 19.6. The lowest BCUT2D eigenvalue weighted by atomic mass is 9.70. The smallest absolute Gasteiger partial charge is 0.330 e. The van der Waals surface area contributed by atoms with Gasteiger partial charge in [0, 0.05) is 18.5 Å². The van der Waals surface area contributed by atoms with Gasteiger partial charge < -0.3 is 14.6 Å². The van der Waals surface area contributed by atoms with Crippen molar-refractivity contribution in [2.24, 2.45) is 5.41 Å². The molecule has 3 rings (SSSR count). The van der Waals surface area contributed by atoms with Gasteiger partial charge in [0.15, 0.2) is 5.54 Å². The van der Waals surface area contributed by atoms with Gasteiger partial charge >= 0.3 is 11.9 Å². The van der Waals surface area contributed by atoms with Crippen LogP contribution < -0.4 is 9.64 Å². The molecular weight excluding hydrogens is 430 g/mol. The molecule has 32 heavy (non-hydrogen) atoms. The quantitative estimate of drug-likeness (QED) is 0.620. The second-order valence-corrected chi connectivity index (χ2v) is 11.4. The molecule has 0 radical (unpaired) electrons. The topological polar surface area (TPSA) is 76.1 Å². The number of nitrogens with zero attached hydrogens (tertiary/aromatic N) is 1. The number of anilines is 1. The number of terminal acetylenes is 1. The first kappa shape index (κ1) is 24.4. The summed E-state index contributed by atoms with van der Waals surface area (Å²) in [5.74, 6) is 0.714. The molecule has 2 fully saturated rings. The normalized spacial score (nSPS) is 22.8. The monoisotopic (exact) mass is 461 g/mol. The molecule has 2 aliphatic rings. The number of carboxylic acids is 1. The summed E-state index contributed by atoms with van der Waals surface area (Å²) in [6.45, 7) is 11.6. The van der Waals surface area contributed by atoms with Gasteiger partial charge in [-0.15, -0.1) is 6.42 Å². The zero-order valence-corrected chi connectivity index (χ0v) is 20.4. The van der Waals surface area contributed by atoms with Crippen molar-refractivity contribution in [3.05, 3.63) is 23.2 Å². The van der Waals surface area contributed by atoms with Gasteiger partial charge in [0.2, 0.25) is 0 Å². The van der Waals surface area contributed by atoms with E-state index in [0.29, 0.717) is 16.5 Å². The van der Waals surface area contributed by atoms with Gasteiger partial charge in [-0.25, -0.2) is 4.79 Å². The van der Waals surface area contributed by atoms with Crippen LogP contribution >= 0.6 is 11.6 Å². The Kier molecular flexibility index (Phi) is 6.08. The number of carbonyl (C=O) groups is 2. The average Bonchev–Trinajstić information content (AvgIpc) is 2.59. The lowest BCUT2D eigenvalue weighted by molar-refractivity contribution is -0.191. The summed E-state index contributed by atoms with van der Waals surface area (Å²) < 4.78 is 12.1. The second-order valence-electron chi connectivity index (χ2n) is 11.0. The highest BCUT2D eigenvalue weighted by atomic mass is 35.5. The third kappa shape index (κ3) is 4.74. The number of halogens is 1. The van der Waals surface area contributed by atoms with E-state index < -0.39 is 28.6 Å². The number of rotatable bonds is 5. The Morgan fingerprint density at radius 3 is 2.16 bits per heavy atom. The summed E-state index contributed by atoms with van der Waals surface area (Å²) in [5, 5.41) is 10.7. The maximum absolute atomic E-state index is 13.0. The van der Waals surface area contributed by atoms with Gasteiger partial charge in [-0.05, 0) is 70.1 Å². The van der Waals surface area contributed by atoms with E-state index in [2.05, 4.69) is 19.8 Å². The zero-order chi connectivity index (χ0) is 24.1. The Bertz CT molecular complexity index is 951. The van der Waals surface area contributed by atoms with Crippen molar-refractivity contribution < 1.29 is 24.2 Å². The van der Waals surface area contributed by atoms with Crippen LogP contribution in [0.3, 0.4) is 0 Å². The van der Waals surface area contributed by atoms with E-state index in [9.17, 15) is 14.7 Å². The summed E-state index contributed by atoms with van der Waals surface area (Å²) in [4.78, 5) is 26.9.